The summed E-state index contributed by atoms with van der Waals surface area (Å²) < 4.78 is 7.56. The Kier molecular flexibility index (Phi) is 8.77. The molecule has 3 aliphatic heterocycles. The Labute approximate surface area is 323 Å². The lowest BCUT2D eigenvalue weighted by atomic mass is 9.80. The Morgan fingerprint density at radius 1 is 0.946 bits per heavy atom. The molecular formula is C41H45N9O6. The van der Waals surface area contributed by atoms with E-state index in [1.54, 1.807) is 18.2 Å². The van der Waals surface area contributed by atoms with Crippen LogP contribution in [0.25, 0.3) is 22.3 Å². The molecule has 2 saturated carbocycles. The number of alkyl carbamates (subject to hydrolysis) is 1. The number of fused-ring (bicyclic) bond motifs is 2. The zero-order valence-electron chi connectivity index (χ0n) is 31.7. The SMILES string of the molecule is CC(C)(C)OC(=O)NC1CCN(c2ccc3ncc(-c4cn(C5CC(CNc6ccc7c(c6)C(=O)N(C6CCC(=O)NC6=O)C7=O)C5)nc4C4CC4)nc3c2)C1. The van der Waals surface area contributed by atoms with Crippen molar-refractivity contribution in [2.45, 2.75) is 95.4 Å². The first kappa shape index (κ1) is 35.8. The monoisotopic (exact) mass is 759 g/mol. The Bertz CT molecular complexity index is 2290. The molecule has 0 bridgehead atoms. The number of anilines is 2. The number of nitrogens with one attached hydrogen (secondary N) is 3. The van der Waals surface area contributed by atoms with Gasteiger partial charge < -0.3 is 20.3 Å². The molecule has 3 N–H and O–H groups in total. The average Bonchev–Trinajstić information content (AvgIpc) is 3.63. The van der Waals surface area contributed by atoms with Crippen LogP contribution in [0.5, 0.6) is 0 Å². The fraction of sp³-hybridized carbons (Fsp3) is 0.463. The summed E-state index contributed by atoms with van der Waals surface area (Å²) in [6, 6.07) is 10.5. The Hall–Kier alpha value is -5.86. The molecule has 2 aromatic carbocycles. The number of piperidine rings is 1. The van der Waals surface area contributed by atoms with Crippen LogP contribution >= 0.6 is 0 Å². The number of rotatable bonds is 9. The molecule has 0 radical (unpaired) electrons. The summed E-state index contributed by atoms with van der Waals surface area (Å²) in [5, 5.41) is 13.8. The van der Waals surface area contributed by atoms with E-state index in [-0.39, 0.29) is 36.1 Å². The van der Waals surface area contributed by atoms with Gasteiger partial charge in [0.25, 0.3) is 11.8 Å². The molecule has 15 heteroatoms. The van der Waals surface area contributed by atoms with Gasteiger partial charge in [-0.2, -0.15) is 5.10 Å². The number of amides is 5. The van der Waals surface area contributed by atoms with Gasteiger partial charge in [0.2, 0.25) is 11.8 Å². The van der Waals surface area contributed by atoms with Crippen LogP contribution in [0.2, 0.25) is 0 Å². The van der Waals surface area contributed by atoms with Crippen molar-refractivity contribution < 1.29 is 28.7 Å². The third-order valence-corrected chi connectivity index (χ3v) is 11.4. The highest BCUT2D eigenvalue weighted by Crippen LogP contribution is 2.46. The number of benzene rings is 2. The second-order valence-corrected chi connectivity index (χ2v) is 16.8. The van der Waals surface area contributed by atoms with Gasteiger partial charge in [0, 0.05) is 55.1 Å². The van der Waals surface area contributed by atoms with Crippen LogP contribution < -0.4 is 20.9 Å². The van der Waals surface area contributed by atoms with E-state index in [9.17, 15) is 24.0 Å². The van der Waals surface area contributed by atoms with Crippen LogP contribution in [0.4, 0.5) is 16.2 Å². The minimum Gasteiger partial charge on any atom is -0.444 e. The Morgan fingerprint density at radius 3 is 2.52 bits per heavy atom. The molecule has 2 saturated heterocycles. The van der Waals surface area contributed by atoms with Gasteiger partial charge in [-0.05, 0) is 102 Å². The molecule has 5 heterocycles. The van der Waals surface area contributed by atoms with Crippen LogP contribution in [0.3, 0.4) is 0 Å². The zero-order valence-corrected chi connectivity index (χ0v) is 31.7. The van der Waals surface area contributed by atoms with Crippen LogP contribution in [-0.4, -0.2) is 91.7 Å². The Balaban J connectivity index is 0.835. The molecule has 2 aliphatic carbocycles. The molecule has 9 rings (SSSR count). The van der Waals surface area contributed by atoms with Crippen molar-refractivity contribution in [1.82, 2.24) is 35.3 Å². The van der Waals surface area contributed by atoms with Crippen molar-refractivity contribution in [3.05, 3.63) is 65.6 Å². The van der Waals surface area contributed by atoms with Gasteiger partial charge in [0.15, 0.2) is 0 Å². The van der Waals surface area contributed by atoms with Crippen LogP contribution in [0.1, 0.15) is 104 Å². The highest BCUT2D eigenvalue weighted by atomic mass is 16.6. The molecule has 4 fully saturated rings. The summed E-state index contributed by atoms with van der Waals surface area (Å²) in [6.07, 6.45) is 8.72. The predicted molar refractivity (Wildman–Crippen MR) is 206 cm³/mol. The number of hydrogen-bond donors (Lipinski definition) is 3. The maximum absolute atomic E-state index is 13.3. The van der Waals surface area contributed by atoms with Gasteiger partial charge in [-0.25, -0.2) is 9.78 Å². The molecule has 0 spiro atoms. The molecule has 5 aliphatic rings. The third-order valence-electron chi connectivity index (χ3n) is 11.4. The lowest BCUT2D eigenvalue weighted by molar-refractivity contribution is -0.136. The lowest BCUT2D eigenvalue weighted by Crippen LogP contribution is -2.54. The fourth-order valence-corrected chi connectivity index (χ4v) is 8.29. The molecule has 5 amide bonds. The van der Waals surface area contributed by atoms with Crippen molar-refractivity contribution in [1.29, 1.82) is 0 Å². The molecule has 2 atom stereocenters. The van der Waals surface area contributed by atoms with Crippen molar-refractivity contribution >= 4 is 52.1 Å². The maximum atomic E-state index is 13.3. The quantitative estimate of drug-likeness (QED) is 0.197. The van der Waals surface area contributed by atoms with Gasteiger partial charge in [0.1, 0.15) is 11.6 Å². The van der Waals surface area contributed by atoms with Gasteiger partial charge in [-0.1, -0.05) is 0 Å². The molecule has 2 unspecified atom stereocenters. The number of hydrogen-bond acceptors (Lipinski definition) is 11. The van der Waals surface area contributed by atoms with Crippen molar-refractivity contribution in [3.8, 4) is 11.3 Å². The maximum Gasteiger partial charge on any atom is 0.407 e. The van der Waals surface area contributed by atoms with E-state index >= 15 is 0 Å². The van der Waals surface area contributed by atoms with Crippen LogP contribution in [0, 0.1) is 5.92 Å². The largest absolute Gasteiger partial charge is 0.444 e. The standard InChI is InChI=1S/C41H45N9O6/c1-41(2,3)56-40(55)44-25-12-13-48(20-25)26-7-9-31-32(17-26)45-33(19-43-31)30-21-49(47-36(30)23-4-5-23)27-14-22(15-27)18-42-24-6-8-28-29(16-24)39(54)50(38(28)53)34-10-11-35(51)46-37(34)52/h6-9,16-17,19,21-23,25,27,34,42H,4-5,10-15,18,20H2,1-3H3,(H,44,55)(H,46,51,52). The summed E-state index contributed by atoms with van der Waals surface area (Å²) in [6.45, 7) is 7.78. The third kappa shape index (κ3) is 6.94. The second kappa shape index (κ2) is 13.7. The van der Waals surface area contributed by atoms with E-state index in [2.05, 4.69) is 43.9 Å². The van der Waals surface area contributed by atoms with Gasteiger partial charge in [0.05, 0.1) is 51.8 Å². The van der Waals surface area contributed by atoms with Gasteiger partial charge in [-0.15, -0.1) is 0 Å². The van der Waals surface area contributed by atoms with Gasteiger partial charge >= 0.3 is 6.09 Å². The predicted octanol–water partition coefficient (Wildman–Crippen LogP) is 4.94. The van der Waals surface area contributed by atoms with Gasteiger partial charge in [-0.3, -0.25) is 39.1 Å². The number of ether oxygens (including phenoxy) is 1. The highest BCUT2D eigenvalue weighted by molar-refractivity contribution is 6.23. The molecule has 15 nitrogen and oxygen atoms in total. The van der Waals surface area contributed by atoms with Crippen molar-refractivity contribution in [3.63, 3.8) is 0 Å². The first-order valence-corrected chi connectivity index (χ1v) is 19.6. The van der Waals surface area contributed by atoms with E-state index < -0.39 is 41.4 Å². The van der Waals surface area contributed by atoms with E-state index in [4.69, 9.17) is 19.8 Å². The summed E-state index contributed by atoms with van der Waals surface area (Å²) in [4.78, 5) is 75.8. The van der Waals surface area contributed by atoms with Crippen molar-refractivity contribution in [2.75, 3.05) is 29.9 Å². The molecule has 290 valence electrons. The van der Waals surface area contributed by atoms with Crippen LogP contribution in [0.15, 0.2) is 48.8 Å². The highest BCUT2D eigenvalue weighted by Gasteiger charge is 2.45. The normalized spacial score (nSPS) is 23.6. The Morgan fingerprint density at radius 2 is 1.75 bits per heavy atom. The van der Waals surface area contributed by atoms with Crippen molar-refractivity contribution in [2.24, 2.45) is 5.92 Å². The summed E-state index contributed by atoms with van der Waals surface area (Å²) in [5.74, 6) is -1.23. The molecular weight excluding hydrogens is 715 g/mol. The number of carbonyl (C=O) groups excluding carboxylic acids is 5. The van der Waals surface area contributed by atoms with Crippen LogP contribution in [-0.2, 0) is 14.3 Å². The minimum atomic E-state index is -0.987. The summed E-state index contributed by atoms with van der Waals surface area (Å²) in [7, 11) is 0. The molecule has 4 aromatic rings. The lowest BCUT2D eigenvalue weighted by Gasteiger charge is -2.35. The number of carbonyl (C=O) groups is 5. The minimum absolute atomic E-state index is 0.00313. The fourth-order valence-electron chi connectivity index (χ4n) is 8.29. The van der Waals surface area contributed by atoms with E-state index in [0.717, 1.165) is 82.9 Å². The smallest absolute Gasteiger partial charge is 0.407 e. The summed E-state index contributed by atoms with van der Waals surface area (Å²) >= 11 is 0. The number of nitrogens with zero attached hydrogens (tertiary/aromatic N) is 6. The molecule has 56 heavy (non-hydrogen) atoms. The van der Waals surface area contributed by atoms with E-state index in [0.29, 0.717) is 24.9 Å². The van der Waals surface area contributed by atoms with E-state index in [1.165, 1.54) is 0 Å². The van der Waals surface area contributed by atoms with E-state index in [1.807, 2.05) is 33.0 Å². The first-order chi connectivity index (χ1) is 26.9. The first-order valence-electron chi connectivity index (χ1n) is 19.6. The zero-order chi connectivity index (χ0) is 38.9. The molecule has 2 aromatic heterocycles. The topological polar surface area (TPSA) is 181 Å². The number of aromatic nitrogens is 4. The second-order valence-electron chi connectivity index (χ2n) is 16.8. The number of imide groups is 2. The summed E-state index contributed by atoms with van der Waals surface area (Å²) in [5.41, 5.74) is 6.31. The average molecular weight is 760 g/mol.